The maximum Gasteiger partial charge on any atom is 0.0486 e. The number of nitrogens with two attached hydrogens (primary N) is 2. The van der Waals surface area contributed by atoms with Crippen LogP contribution in [-0.2, 0) is 0 Å². The Morgan fingerprint density at radius 1 is 0.222 bits per heavy atom. The summed E-state index contributed by atoms with van der Waals surface area (Å²) in [6.45, 7) is 0. The molecule has 0 aliphatic carbocycles. The smallest absolute Gasteiger partial charge is 0.0486 e. The van der Waals surface area contributed by atoms with Crippen molar-refractivity contribution in [3.05, 3.63) is 194 Å². The molecule has 0 amide bonds. The van der Waals surface area contributed by atoms with Crippen LogP contribution < -0.4 is 11.5 Å². The highest BCUT2D eigenvalue weighted by Gasteiger charge is 2.28. The van der Waals surface area contributed by atoms with Crippen LogP contribution in [0.2, 0.25) is 0 Å². The maximum absolute atomic E-state index is 7.79. The lowest BCUT2D eigenvalue weighted by molar-refractivity contribution is 1.54. The third-order valence-corrected chi connectivity index (χ3v) is 10.9. The van der Waals surface area contributed by atoms with E-state index in [1.807, 2.05) is 12.1 Å². The van der Waals surface area contributed by atoms with Crippen molar-refractivity contribution in [2.45, 2.75) is 0 Å². The van der Waals surface area contributed by atoms with Crippen molar-refractivity contribution >= 4 is 54.5 Å². The summed E-state index contributed by atoms with van der Waals surface area (Å²) in [5, 5.41) is 9.44. The number of hydrogen-bond donors (Lipinski definition) is 2. The third-order valence-electron chi connectivity index (χ3n) is 10.9. The summed E-state index contributed by atoms with van der Waals surface area (Å²) in [6, 6.07) is 69.6. The normalized spacial score (nSPS) is 11.5. The van der Waals surface area contributed by atoms with Crippen molar-refractivity contribution in [3.8, 4) is 55.6 Å². The third kappa shape index (κ3) is 5.36. The number of hydrogen-bond acceptors (Lipinski definition) is 2. The summed E-state index contributed by atoms with van der Waals surface area (Å²) in [7, 11) is 0. The van der Waals surface area contributed by atoms with E-state index in [4.69, 9.17) is 11.5 Å². The molecule has 0 saturated heterocycles. The Balaban J connectivity index is 1.43. The van der Waals surface area contributed by atoms with E-state index in [2.05, 4.69) is 182 Å². The Kier molecular flexibility index (Phi) is 7.49. The van der Waals surface area contributed by atoms with Crippen molar-refractivity contribution < 1.29 is 0 Å². The van der Waals surface area contributed by atoms with E-state index in [1.54, 1.807) is 0 Å². The predicted molar refractivity (Wildman–Crippen MR) is 232 cm³/mol. The second-order valence-electron chi connectivity index (χ2n) is 14.2. The minimum absolute atomic E-state index is 0.721. The molecule has 254 valence electrons. The van der Waals surface area contributed by atoms with E-state index in [9.17, 15) is 0 Å². The van der Waals surface area contributed by atoms with Crippen LogP contribution in [0.1, 0.15) is 0 Å². The van der Waals surface area contributed by atoms with Gasteiger partial charge in [0.1, 0.15) is 0 Å². The van der Waals surface area contributed by atoms with Crippen LogP contribution in [0.15, 0.2) is 194 Å². The van der Waals surface area contributed by atoms with Gasteiger partial charge in [0.25, 0.3) is 0 Å². The Morgan fingerprint density at radius 3 is 0.815 bits per heavy atom. The van der Waals surface area contributed by atoms with Crippen molar-refractivity contribution in [2.24, 2.45) is 0 Å². The van der Waals surface area contributed by atoms with Gasteiger partial charge in [0.2, 0.25) is 0 Å². The molecule has 0 fully saturated rings. The number of rotatable bonds is 5. The first-order valence-corrected chi connectivity index (χ1v) is 18.4. The van der Waals surface area contributed by atoms with Crippen LogP contribution in [0, 0.1) is 0 Å². The molecular formula is C52H36N2. The molecule has 0 atom stereocenters. The molecule has 0 spiro atoms. The highest BCUT2D eigenvalue weighted by molar-refractivity contribution is 6.15. The SMILES string of the molecule is Nc1ccc(-c2c(-c3ccc4ccccc4c3)c(-c3ccc4ccccc4c3)c(N)c(-c3ccc4ccccc4c3)c2-c2ccc3ccccc3c2)cc1. The van der Waals surface area contributed by atoms with E-state index < -0.39 is 0 Å². The van der Waals surface area contributed by atoms with Crippen molar-refractivity contribution in [2.75, 3.05) is 11.5 Å². The van der Waals surface area contributed by atoms with Crippen molar-refractivity contribution in [1.82, 2.24) is 0 Å². The standard InChI is InChI=1S/C52H36N2/c53-46-27-25-37(26-28-46)47-48(42-21-17-33-9-1-5-13-38(33)29-42)50(44-23-19-35-11-3-7-15-40(35)31-44)52(54)51(45-24-20-36-12-4-8-16-41(36)32-45)49(47)43-22-18-34-10-2-6-14-39(34)30-43/h1-32H,53-54H2. The molecule has 54 heavy (non-hydrogen) atoms. The monoisotopic (exact) mass is 688 g/mol. The van der Waals surface area contributed by atoms with Gasteiger partial charge in [0, 0.05) is 33.6 Å². The average Bonchev–Trinajstić information content (AvgIpc) is 3.23. The largest absolute Gasteiger partial charge is 0.399 e. The van der Waals surface area contributed by atoms with Gasteiger partial charge in [-0.05, 0) is 113 Å². The van der Waals surface area contributed by atoms with Crippen molar-refractivity contribution in [1.29, 1.82) is 0 Å². The molecule has 0 unspecified atom stereocenters. The van der Waals surface area contributed by atoms with Crippen LogP contribution in [0.4, 0.5) is 11.4 Å². The molecule has 0 saturated carbocycles. The fraction of sp³-hybridized carbons (Fsp3) is 0. The van der Waals surface area contributed by atoms with Gasteiger partial charge in [0.15, 0.2) is 0 Å². The Bertz CT molecular complexity index is 2880. The zero-order chi connectivity index (χ0) is 36.2. The summed E-state index contributed by atoms with van der Waals surface area (Å²) in [5.74, 6) is 0. The van der Waals surface area contributed by atoms with E-state index in [1.165, 1.54) is 43.1 Å². The molecule has 2 nitrogen and oxygen atoms in total. The Labute approximate surface area is 314 Å². The minimum Gasteiger partial charge on any atom is -0.399 e. The fourth-order valence-corrected chi connectivity index (χ4v) is 8.26. The quantitative estimate of drug-likeness (QED) is 0.177. The predicted octanol–water partition coefficient (Wildman–Crippen LogP) is 13.8. The zero-order valence-corrected chi connectivity index (χ0v) is 29.6. The number of nitrogen functional groups attached to an aromatic ring is 2. The first kappa shape index (κ1) is 31.6. The molecule has 0 radical (unpaired) electrons. The molecular weight excluding hydrogens is 653 g/mol. The molecule has 0 bridgehead atoms. The van der Waals surface area contributed by atoms with Crippen molar-refractivity contribution in [3.63, 3.8) is 0 Å². The first-order chi connectivity index (χ1) is 26.6. The van der Waals surface area contributed by atoms with Crippen LogP contribution >= 0.6 is 0 Å². The van der Waals surface area contributed by atoms with Gasteiger partial charge >= 0.3 is 0 Å². The lowest BCUT2D eigenvalue weighted by Gasteiger charge is -2.27. The van der Waals surface area contributed by atoms with Crippen LogP contribution in [0.25, 0.3) is 98.7 Å². The molecule has 0 aromatic heterocycles. The second-order valence-corrected chi connectivity index (χ2v) is 14.2. The lowest BCUT2D eigenvalue weighted by atomic mass is 9.77. The summed E-state index contributed by atoms with van der Waals surface area (Å²) >= 11 is 0. The molecule has 2 heteroatoms. The van der Waals surface area contributed by atoms with Crippen LogP contribution in [0.5, 0.6) is 0 Å². The second kappa shape index (κ2) is 12.8. The summed E-state index contributed by atoms with van der Waals surface area (Å²) in [5.41, 5.74) is 26.3. The van der Waals surface area contributed by atoms with E-state index in [-0.39, 0.29) is 0 Å². The van der Waals surface area contributed by atoms with E-state index in [0.717, 1.165) is 67.0 Å². The van der Waals surface area contributed by atoms with Crippen LogP contribution in [-0.4, -0.2) is 0 Å². The molecule has 0 aliphatic rings. The molecule has 10 rings (SSSR count). The molecule has 0 heterocycles. The van der Waals surface area contributed by atoms with Gasteiger partial charge < -0.3 is 11.5 Å². The van der Waals surface area contributed by atoms with Gasteiger partial charge in [-0.15, -0.1) is 0 Å². The molecule has 4 N–H and O–H groups in total. The van der Waals surface area contributed by atoms with E-state index >= 15 is 0 Å². The number of fused-ring (bicyclic) bond motifs is 4. The Hall–Kier alpha value is -7.16. The van der Waals surface area contributed by atoms with Gasteiger partial charge in [-0.1, -0.05) is 158 Å². The maximum atomic E-state index is 7.79. The van der Waals surface area contributed by atoms with Gasteiger partial charge in [-0.2, -0.15) is 0 Å². The van der Waals surface area contributed by atoms with Gasteiger partial charge in [-0.3, -0.25) is 0 Å². The zero-order valence-electron chi connectivity index (χ0n) is 29.6. The summed E-state index contributed by atoms with van der Waals surface area (Å²) < 4.78 is 0. The highest BCUT2D eigenvalue weighted by atomic mass is 14.6. The topological polar surface area (TPSA) is 52.0 Å². The average molecular weight is 689 g/mol. The van der Waals surface area contributed by atoms with Gasteiger partial charge in [-0.25, -0.2) is 0 Å². The fourth-order valence-electron chi connectivity index (χ4n) is 8.26. The summed E-state index contributed by atoms with van der Waals surface area (Å²) in [6.07, 6.45) is 0. The number of benzene rings is 10. The van der Waals surface area contributed by atoms with E-state index in [0.29, 0.717) is 0 Å². The van der Waals surface area contributed by atoms with Gasteiger partial charge in [0.05, 0.1) is 0 Å². The lowest BCUT2D eigenvalue weighted by Crippen LogP contribution is -2.04. The van der Waals surface area contributed by atoms with Crippen LogP contribution in [0.3, 0.4) is 0 Å². The highest BCUT2D eigenvalue weighted by Crippen LogP contribution is 2.55. The molecule has 10 aromatic rings. The minimum atomic E-state index is 0.721. The first-order valence-electron chi connectivity index (χ1n) is 18.4. The number of anilines is 2. The summed E-state index contributed by atoms with van der Waals surface area (Å²) in [4.78, 5) is 0. The molecule has 10 aromatic carbocycles. The molecule has 0 aliphatic heterocycles. The Morgan fingerprint density at radius 2 is 0.481 bits per heavy atom.